The number of hydrogen-bond donors (Lipinski definition) is 3. The quantitative estimate of drug-likeness (QED) is 0.282. The molecule has 0 aliphatic heterocycles. The zero-order valence-electron chi connectivity index (χ0n) is 17.7. The van der Waals surface area contributed by atoms with E-state index in [-0.39, 0.29) is 23.5 Å². The van der Waals surface area contributed by atoms with Crippen molar-refractivity contribution in [1.29, 1.82) is 0 Å². The summed E-state index contributed by atoms with van der Waals surface area (Å²) in [5, 5.41) is 8.42. The van der Waals surface area contributed by atoms with Gasteiger partial charge in [0.15, 0.2) is 5.11 Å². The van der Waals surface area contributed by atoms with Crippen molar-refractivity contribution in [2.75, 3.05) is 25.6 Å². The van der Waals surface area contributed by atoms with Crippen LogP contribution in [0.5, 0.6) is 5.75 Å². The third kappa shape index (κ3) is 7.41. The summed E-state index contributed by atoms with van der Waals surface area (Å²) in [5.74, 6) is 0.612. The molecule has 172 valence electrons. The standard InChI is InChI=1S/C23H22BrN3O5S/c1-30-10-11-32-20-8-7-16(13-19(20)24)22(29)27-23(33)26-17-5-2-4-15(12-17)21(28)25-14-18-6-3-9-31-18/h2-9,12-13H,10-11,14H2,1H3,(H,25,28)(H2,26,27,29,33). The molecule has 8 nitrogen and oxygen atoms in total. The third-order valence-corrected chi connectivity index (χ3v) is 5.18. The van der Waals surface area contributed by atoms with Crippen LogP contribution in [0, 0.1) is 0 Å². The van der Waals surface area contributed by atoms with Gasteiger partial charge in [-0.15, -0.1) is 0 Å². The van der Waals surface area contributed by atoms with Crippen LogP contribution in [0.4, 0.5) is 5.69 Å². The first kappa shape index (κ1) is 24.4. The van der Waals surface area contributed by atoms with Gasteiger partial charge < -0.3 is 24.5 Å². The van der Waals surface area contributed by atoms with E-state index in [4.69, 9.17) is 26.1 Å². The van der Waals surface area contributed by atoms with Gasteiger partial charge in [0.25, 0.3) is 11.8 Å². The Morgan fingerprint density at radius 3 is 2.58 bits per heavy atom. The second-order valence-electron chi connectivity index (χ2n) is 6.74. The summed E-state index contributed by atoms with van der Waals surface area (Å²) in [4.78, 5) is 24.9. The monoisotopic (exact) mass is 531 g/mol. The molecular formula is C23H22BrN3O5S. The lowest BCUT2D eigenvalue weighted by atomic mass is 10.2. The second kappa shape index (κ2) is 12.1. The van der Waals surface area contributed by atoms with E-state index in [2.05, 4.69) is 31.9 Å². The largest absolute Gasteiger partial charge is 0.490 e. The summed E-state index contributed by atoms with van der Waals surface area (Å²) in [6, 6.07) is 15.3. The molecular weight excluding hydrogens is 510 g/mol. The van der Waals surface area contributed by atoms with Crippen LogP contribution in [0.25, 0.3) is 0 Å². The number of carbonyl (C=O) groups excluding carboxylic acids is 2. The van der Waals surface area contributed by atoms with Crippen LogP contribution in [-0.4, -0.2) is 37.3 Å². The zero-order valence-corrected chi connectivity index (χ0v) is 20.1. The number of anilines is 1. The third-order valence-electron chi connectivity index (χ3n) is 4.35. The van der Waals surface area contributed by atoms with Crippen molar-refractivity contribution in [1.82, 2.24) is 10.6 Å². The Hall–Kier alpha value is -3.21. The molecule has 0 atom stereocenters. The number of furan rings is 1. The molecule has 0 fully saturated rings. The van der Waals surface area contributed by atoms with Crippen molar-refractivity contribution in [3.8, 4) is 5.75 Å². The Kier molecular flexibility index (Phi) is 8.99. The lowest BCUT2D eigenvalue weighted by Crippen LogP contribution is -2.34. The maximum Gasteiger partial charge on any atom is 0.257 e. The molecule has 10 heteroatoms. The van der Waals surface area contributed by atoms with Crippen LogP contribution in [-0.2, 0) is 11.3 Å². The summed E-state index contributed by atoms with van der Waals surface area (Å²) >= 11 is 8.65. The van der Waals surface area contributed by atoms with Crippen molar-refractivity contribution in [3.63, 3.8) is 0 Å². The molecule has 0 aliphatic rings. The highest BCUT2D eigenvalue weighted by Crippen LogP contribution is 2.26. The number of methoxy groups -OCH3 is 1. The molecule has 0 radical (unpaired) electrons. The zero-order chi connectivity index (χ0) is 23.6. The van der Waals surface area contributed by atoms with Gasteiger partial charge in [-0.3, -0.25) is 14.9 Å². The number of benzene rings is 2. The minimum Gasteiger partial charge on any atom is -0.490 e. The van der Waals surface area contributed by atoms with E-state index in [0.717, 1.165) is 0 Å². The minimum atomic E-state index is -0.385. The smallest absolute Gasteiger partial charge is 0.257 e. The van der Waals surface area contributed by atoms with Crippen LogP contribution < -0.4 is 20.7 Å². The van der Waals surface area contributed by atoms with Crippen LogP contribution in [0.2, 0.25) is 0 Å². The van der Waals surface area contributed by atoms with E-state index in [1.165, 1.54) is 0 Å². The highest BCUT2D eigenvalue weighted by atomic mass is 79.9. The first-order valence-electron chi connectivity index (χ1n) is 9.90. The Balaban J connectivity index is 1.54. The van der Waals surface area contributed by atoms with Crippen molar-refractivity contribution in [2.24, 2.45) is 0 Å². The van der Waals surface area contributed by atoms with Gasteiger partial charge in [0.05, 0.1) is 23.9 Å². The van der Waals surface area contributed by atoms with E-state index < -0.39 is 0 Å². The average molecular weight is 532 g/mol. The van der Waals surface area contributed by atoms with E-state index >= 15 is 0 Å². The highest BCUT2D eigenvalue weighted by Gasteiger charge is 2.12. The molecule has 0 spiro atoms. The number of nitrogens with one attached hydrogen (secondary N) is 3. The number of ether oxygens (including phenoxy) is 2. The summed E-state index contributed by atoms with van der Waals surface area (Å²) in [6.07, 6.45) is 1.55. The predicted molar refractivity (Wildman–Crippen MR) is 132 cm³/mol. The van der Waals surface area contributed by atoms with E-state index in [0.29, 0.717) is 46.0 Å². The van der Waals surface area contributed by atoms with Gasteiger partial charge in [-0.2, -0.15) is 0 Å². The maximum atomic E-state index is 12.5. The number of rotatable bonds is 9. The van der Waals surface area contributed by atoms with E-state index in [1.54, 1.807) is 68.0 Å². The fourth-order valence-electron chi connectivity index (χ4n) is 2.75. The number of thiocarbonyl (C=S) groups is 1. The Morgan fingerprint density at radius 1 is 1.03 bits per heavy atom. The summed E-state index contributed by atoms with van der Waals surface area (Å²) in [7, 11) is 1.59. The molecule has 0 saturated heterocycles. The van der Waals surface area contributed by atoms with Crippen LogP contribution in [0.1, 0.15) is 26.5 Å². The lowest BCUT2D eigenvalue weighted by molar-refractivity contribution is 0.0946. The highest BCUT2D eigenvalue weighted by molar-refractivity contribution is 9.10. The Morgan fingerprint density at radius 2 is 1.85 bits per heavy atom. The number of hydrogen-bond acceptors (Lipinski definition) is 6. The molecule has 0 unspecified atom stereocenters. The fourth-order valence-corrected chi connectivity index (χ4v) is 3.46. The molecule has 3 aromatic rings. The molecule has 3 N–H and O–H groups in total. The summed E-state index contributed by atoms with van der Waals surface area (Å²) in [6.45, 7) is 1.14. The van der Waals surface area contributed by atoms with Gasteiger partial charge in [0.2, 0.25) is 0 Å². The minimum absolute atomic E-state index is 0.102. The number of halogens is 1. The van der Waals surface area contributed by atoms with Crippen molar-refractivity contribution < 1.29 is 23.5 Å². The number of amides is 2. The first-order valence-corrected chi connectivity index (χ1v) is 11.1. The normalized spacial score (nSPS) is 10.4. The van der Waals surface area contributed by atoms with Gasteiger partial charge >= 0.3 is 0 Å². The average Bonchev–Trinajstić information content (AvgIpc) is 3.32. The summed E-state index contributed by atoms with van der Waals surface area (Å²) in [5.41, 5.74) is 1.40. The van der Waals surface area contributed by atoms with E-state index in [1.807, 2.05) is 0 Å². The second-order valence-corrected chi connectivity index (χ2v) is 8.00. The van der Waals surface area contributed by atoms with E-state index in [9.17, 15) is 9.59 Å². The van der Waals surface area contributed by atoms with Gasteiger partial charge in [-0.05, 0) is 76.7 Å². The SMILES string of the molecule is COCCOc1ccc(C(=O)NC(=S)Nc2cccc(C(=O)NCc3ccco3)c2)cc1Br. The summed E-state index contributed by atoms with van der Waals surface area (Å²) < 4.78 is 16.4. The van der Waals surface area contributed by atoms with Gasteiger partial charge in [0, 0.05) is 23.9 Å². The fraction of sp³-hybridized carbons (Fsp3) is 0.174. The van der Waals surface area contributed by atoms with Crippen molar-refractivity contribution in [2.45, 2.75) is 6.54 Å². The molecule has 2 aromatic carbocycles. The molecule has 3 rings (SSSR count). The molecule has 33 heavy (non-hydrogen) atoms. The molecule has 0 aliphatic carbocycles. The van der Waals surface area contributed by atoms with Gasteiger partial charge in [-0.1, -0.05) is 6.07 Å². The van der Waals surface area contributed by atoms with Crippen LogP contribution >= 0.6 is 28.1 Å². The lowest BCUT2D eigenvalue weighted by Gasteiger charge is -2.12. The molecule has 1 heterocycles. The molecule has 1 aromatic heterocycles. The Bertz CT molecular complexity index is 1120. The Labute approximate surface area is 204 Å². The van der Waals surface area contributed by atoms with Crippen LogP contribution in [0.3, 0.4) is 0 Å². The molecule has 0 saturated carbocycles. The molecule has 0 bridgehead atoms. The number of carbonyl (C=O) groups is 2. The van der Waals surface area contributed by atoms with Crippen LogP contribution in [0.15, 0.2) is 69.8 Å². The predicted octanol–water partition coefficient (Wildman–Crippen LogP) is 4.12. The van der Waals surface area contributed by atoms with Gasteiger partial charge in [0.1, 0.15) is 18.1 Å². The maximum absolute atomic E-state index is 12.5. The topological polar surface area (TPSA) is 102 Å². The molecule has 2 amide bonds. The van der Waals surface area contributed by atoms with Crippen molar-refractivity contribution in [3.05, 3.63) is 82.2 Å². The van der Waals surface area contributed by atoms with Gasteiger partial charge in [-0.25, -0.2) is 0 Å². The first-order chi connectivity index (χ1) is 16.0. The van der Waals surface area contributed by atoms with Crippen molar-refractivity contribution >= 4 is 50.8 Å².